The van der Waals surface area contributed by atoms with E-state index in [-0.39, 0.29) is 0 Å². The van der Waals surface area contributed by atoms with Crippen molar-refractivity contribution < 1.29 is 9.84 Å². The summed E-state index contributed by atoms with van der Waals surface area (Å²) in [4.78, 5) is 2.34. The Morgan fingerprint density at radius 3 is 2.83 bits per heavy atom. The molecule has 6 nitrogen and oxygen atoms in total. The van der Waals surface area contributed by atoms with Crippen molar-refractivity contribution in [2.45, 2.75) is 31.4 Å². The van der Waals surface area contributed by atoms with Gasteiger partial charge in [0.15, 0.2) is 0 Å². The maximum absolute atomic E-state index is 10.8. The topological polar surface area (TPSA) is 63.4 Å². The van der Waals surface area contributed by atoms with E-state index < -0.39 is 5.60 Å². The van der Waals surface area contributed by atoms with E-state index in [0.29, 0.717) is 13.1 Å². The largest absolute Gasteiger partial charge is 0.497 e. The Labute approximate surface area is 136 Å². The molecule has 0 aliphatic carbocycles. The SMILES string of the molecule is COc1ccc(CCN2CCCC(O)(Cn3ccnn3)C2)cc1. The third kappa shape index (κ3) is 4.30. The van der Waals surface area contributed by atoms with E-state index in [1.807, 2.05) is 12.1 Å². The molecule has 0 radical (unpaired) electrons. The lowest BCUT2D eigenvalue weighted by molar-refractivity contribution is -0.0452. The van der Waals surface area contributed by atoms with Crippen molar-refractivity contribution in [2.75, 3.05) is 26.7 Å². The Hall–Kier alpha value is -1.92. The highest BCUT2D eigenvalue weighted by Crippen LogP contribution is 2.23. The van der Waals surface area contributed by atoms with Crippen LogP contribution in [0.2, 0.25) is 0 Å². The molecule has 1 aliphatic rings. The molecule has 0 bridgehead atoms. The third-order valence-corrected chi connectivity index (χ3v) is 4.44. The fourth-order valence-electron chi connectivity index (χ4n) is 3.22. The van der Waals surface area contributed by atoms with E-state index in [4.69, 9.17) is 4.74 Å². The van der Waals surface area contributed by atoms with Gasteiger partial charge in [-0.05, 0) is 43.5 Å². The van der Waals surface area contributed by atoms with Gasteiger partial charge in [0.1, 0.15) is 5.75 Å². The lowest BCUT2D eigenvalue weighted by Gasteiger charge is -2.39. The number of aromatic nitrogens is 3. The maximum Gasteiger partial charge on any atom is 0.118 e. The summed E-state index contributed by atoms with van der Waals surface area (Å²) >= 11 is 0. The summed E-state index contributed by atoms with van der Waals surface area (Å²) in [6.07, 6.45) is 6.24. The van der Waals surface area contributed by atoms with E-state index in [1.54, 1.807) is 24.2 Å². The number of β-amino-alcohol motifs (C(OH)–C–C–N with tert-alkyl or cyclic N) is 1. The van der Waals surface area contributed by atoms with Crippen LogP contribution in [0.4, 0.5) is 0 Å². The number of hydrogen-bond donors (Lipinski definition) is 1. The van der Waals surface area contributed by atoms with E-state index in [2.05, 4.69) is 27.3 Å². The molecule has 124 valence electrons. The first-order valence-corrected chi connectivity index (χ1v) is 8.09. The molecule has 23 heavy (non-hydrogen) atoms. The molecule has 0 amide bonds. The van der Waals surface area contributed by atoms with Crippen molar-refractivity contribution >= 4 is 0 Å². The van der Waals surface area contributed by atoms with Crippen molar-refractivity contribution in [3.63, 3.8) is 0 Å². The Morgan fingerprint density at radius 2 is 2.13 bits per heavy atom. The van der Waals surface area contributed by atoms with Crippen molar-refractivity contribution in [3.8, 4) is 5.75 Å². The molecule has 0 saturated carbocycles. The number of likely N-dealkylation sites (tertiary alicyclic amines) is 1. The summed E-state index contributed by atoms with van der Waals surface area (Å²) in [5.74, 6) is 0.883. The smallest absolute Gasteiger partial charge is 0.118 e. The zero-order valence-corrected chi connectivity index (χ0v) is 13.6. The number of ether oxygens (including phenoxy) is 1. The normalized spacial score (nSPS) is 22.2. The van der Waals surface area contributed by atoms with Gasteiger partial charge < -0.3 is 14.7 Å². The summed E-state index contributed by atoms with van der Waals surface area (Å²) in [6.45, 7) is 3.18. The summed E-state index contributed by atoms with van der Waals surface area (Å²) in [7, 11) is 1.68. The number of benzene rings is 1. The van der Waals surface area contributed by atoms with Crippen LogP contribution in [-0.2, 0) is 13.0 Å². The van der Waals surface area contributed by atoms with E-state index >= 15 is 0 Å². The summed E-state index contributed by atoms with van der Waals surface area (Å²) in [6, 6.07) is 8.19. The first-order chi connectivity index (χ1) is 11.2. The van der Waals surface area contributed by atoms with Crippen LogP contribution in [0.3, 0.4) is 0 Å². The molecule has 1 saturated heterocycles. The lowest BCUT2D eigenvalue weighted by atomic mass is 9.92. The number of piperidine rings is 1. The van der Waals surface area contributed by atoms with Crippen LogP contribution in [0.5, 0.6) is 5.75 Å². The first-order valence-electron chi connectivity index (χ1n) is 8.09. The third-order valence-electron chi connectivity index (χ3n) is 4.44. The highest BCUT2D eigenvalue weighted by atomic mass is 16.5. The van der Waals surface area contributed by atoms with Gasteiger partial charge in [-0.25, -0.2) is 4.68 Å². The second-order valence-corrected chi connectivity index (χ2v) is 6.30. The second-order valence-electron chi connectivity index (χ2n) is 6.30. The van der Waals surface area contributed by atoms with Gasteiger partial charge in [-0.15, -0.1) is 5.10 Å². The summed E-state index contributed by atoms with van der Waals surface area (Å²) < 4.78 is 6.90. The maximum atomic E-state index is 10.8. The Kier molecular flexibility index (Phi) is 4.93. The molecule has 3 rings (SSSR count). The van der Waals surface area contributed by atoms with Crippen LogP contribution in [0, 0.1) is 0 Å². The Morgan fingerprint density at radius 1 is 1.30 bits per heavy atom. The van der Waals surface area contributed by atoms with Crippen molar-refractivity contribution in [1.82, 2.24) is 19.9 Å². The van der Waals surface area contributed by atoms with Crippen molar-refractivity contribution in [2.24, 2.45) is 0 Å². The molecule has 2 heterocycles. The van der Waals surface area contributed by atoms with Crippen molar-refractivity contribution in [3.05, 3.63) is 42.2 Å². The van der Waals surface area contributed by atoms with Crippen LogP contribution in [0.1, 0.15) is 18.4 Å². The van der Waals surface area contributed by atoms with Crippen LogP contribution in [0.15, 0.2) is 36.7 Å². The van der Waals surface area contributed by atoms with Gasteiger partial charge in [0.05, 0.1) is 25.5 Å². The molecule has 1 aliphatic heterocycles. The quantitative estimate of drug-likeness (QED) is 0.872. The number of methoxy groups -OCH3 is 1. The average molecular weight is 316 g/mol. The van der Waals surface area contributed by atoms with Crippen molar-refractivity contribution in [1.29, 1.82) is 0 Å². The molecule has 1 fully saturated rings. The number of aliphatic hydroxyl groups is 1. The van der Waals surface area contributed by atoms with Gasteiger partial charge in [-0.1, -0.05) is 17.3 Å². The predicted octanol–water partition coefficient (Wildman–Crippen LogP) is 1.36. The van der Waals surface area contributed by atoms with E-state index in [9.17, 15) is 5.11 Å². The zero-order valence-electron chi connectivity index (χ0n) is 13.6. The molecular formula is C17H24N4O2. The number of nitrogens with zero attached hydrogens (tertiary/aromatic N) is 4. The highest BCUT2D eigenvalue weighted by Gasteiger charge is 2.33. The van der Waals surface area contributed by atoms with Crippen LogP contribution in [-0.4, -0.2) is 57.3 Å². The molecule has 1 N–H and O–H groups in total. The molecule has 1 aromatic carbocycles. The van der Waals surface area contributed by atoms with Gasteiger partial charge in [-0.2, -0.15) is 0 Å². The Bertz CT molecular complexity index is 600. The molecule has 1 atom stereocenters. The molecule has 6 heteroatoms. The van der Waals surface area contributed by atoms with Crippen LogP contribution in [0.25, 0.3) is 0 Å². The van der Waals surface area contributed by atoms with Crippen LogP contribution >= 0.6 is 0 Å². The number of rotatable bonds is 6. The first kappa shape index (κ1) is 16.0. The second kappa shape index (κ2) is 7.10. The standard InChI is InChI=1S/C17H24N4O2/c1-23-16-5-3-15(4-6-16)7-11-20-10-2-8-17(22,13-20)14-21-12-9-18-19-21/h3-6,9,12,22H,2,7-8,10-11,13-14H2,1H3. The fraction of sp³-hybridized carbons (Fsp3) is 0.529. The van der Waals surface area contributed by atoms with Gasteiger partial charge in [-0.3, -0.25) is 0 Å². The zero-order chi connectivity index (χ0) is 16.1. The number of hydrogen-bond acceptors (Lipinski definition) is 5. The van der Waals surface area contributed by atoms with Gasteiger partial charge in [0.25, 0.3) is 0 Å². The molecule has 1 unspecified atom stereocenters. The van der Waals surface area contributed by atoms with Gasteiger partial charge in [0.2, 0.25) is 0 Å². The highest BCUT2D eigenvalue weighted by molar-refractivity contribution is 5.27. The molecule has 2 aromatic rings. The fourth-order valence-corrected chi connectivity index (χ4v) is 3.22. The molecule has 1 aromatic heterocycles. The van der Waals surface area contributed by atoms with Gasteiger partial charge in [0, 0.05) is 19.3 Å². The lowest BCUT2D eigenvalue weighted by Crippen LogP contribution is -2.51. The van der Waals surface area contributed by atoms with E-state index in [1.165, 1.54) is 5.56 Å². The average Bonchev–Trinajstić information content (AvgIpc) is 3.06. The molecular weight excluding hydrogens is 292 g/mol. The monoisotopic (exact) mass is 316 g/mol. The minimum atomic E-state index is -0.716. The summed E-state index contributed by atoms with van der Waals surface area (Å²) in [5.41, 5.74) is 0.572. The predicted molar refractivity (Wildman–Crippen MR) is 87.3 cm³/mol. The van der Waals surface area contributed by atoms with Crippen LogP contribution < -0.4 is 4.74 Å². The minimum absolute atomic E-state index is 0.506. The van der Waals surface area contributed by atoms with Gasteiger partial charge >= 0.3 is 0 Å². The minimum Gasteiger partial charge on any atom is -0.497 e. The summed E-state index contributed by atoms with van der Waals surface area (Å²) in [5, 5.41) is 18.6. The van der Waals surface area contributed by atoms with E-state index in [0.717, 1.165) is 38.1 Å². The molecule has 0 spiro atoms. The Balaban J connectivity index is 1.53.